The summed E-state index contributed by atoms with van der Waals surface area (Å²) in [5, 5.41) is 0.619. The zero-order valence-electron chi connectivity index (χ0n) is 12.3. The van der Waals surface area contributed by atoms with Crippen LogP contribution in [0, 0.1) is 5.92 Å². The lowest BCUT2D eigenvalue weighted by Crippen LogP contribution is -2.44. The van der Waals surface area contributed by atoms with Crippen LogP contribution in [0.1, 0.15) is 43.6 Å². The quantitative estimate of drug-likeness (QED) is 0.908. The van der Waals surface area contributed by atoms with E-state index in [0.717, 1.165) is 25.8 Å². The zero-order valence-corrected chi connectivity index (χ0v) is 13.1. The van der Waals surface area contributed by atoms with Crippen molar-refractivity contribution in [1.29, 1.82) is 0 Å². The molecule has 20 heavy (non-hydrogen) atoms. The van der Waals surface area contributed by atoms with Gasteiger partial charge in [0.25, 0.3) is 5.91 Å². The van der Waals surface area contributed by atoms with Crippen molar-refractivity contribution < 1.29 is 4.79 Å². The van der Waals surface area contributed by atoms with Gasteiger partial charge in [0.15, 0.2) is 0 Å². The van der Waals surface area contributed by atoms with E-state index in [1.165, 1.54) is 0 Å². The summed E-state index contributed by atoms with van der Waals surface area (Å²) in [6.45, 7) is 6.17. The zero-order chi connectivity index (χ0) is 14.7. The molecule has 2 atom stereocenters. The monoisotopic (exact) mass is 297 g/mol. The molecule has 0 bridgehead atoms. The van der Waals surface area contributed by atoms with E-state index >= 15 is 0 Å². The second kappa shape index (κ2) is 6.64. The largest absolute Gasteiger partial charge is 0.342 e. The Labute approximate surface area is 125 Å². The second-order valence-corrected chi connectivity index (χ2v) is 5.85. The van der Waals surface area contributed by atoms with E-state index < -0.39 is 0 Å². The molecule has 1 heterocycles. The fraction of sp³-hybridized carbons (Fsp3) is 0.667. The summed E-state index contributed by atoms with van der Waals surface area (Å²) in [5.41, 5.74) is 6.53. The molecule has 2 rings (SSSR count). The Morgan fingerprint density at radius 3 is 2.85 bits per heavy atom. The first kappa shape index (κ1) is 15.4. The number of hydrogen-bond donors (Lipinski definition) is 1. The van der Waals surface area contributed by atoms with Crippen LogP contribution in [0.25, 0.3) is 0 Å². The van der Waals surface area contributed by atoms with Gasteiger partial charge in [-0.15, -0.1) is 0 Å². The normalized spacial score (nSPS) is 22.2. The Morgan fingerprint density at radius 1 is 1.50 bits per heavy atom. The number of amides is 1. The highest BCUT2D eigenvalue weighted by Gasteiger charge is 2.34. The number of rotatable bonds is 5. The molecule has 1 aromatic heterocycles. The second-order valence-electron chi connectivity index (χ2n) is 5.41. The summed E-state index contributed by atoms with van der Waals surface area (Å²) in [6.07, 6.45) is 5.16. The maximum absolute atomic E-state index is 12.8. The van der Waals surface area contributed by atoms with Gasteiger partial charge < -0.3 is 15.2 Å². The predicted molar refractivity (Wildman–Crippen MR) is 82.0 cm³/mol. The summed E-state index contributed by atoms with van der Waals surface area (Å²) in [7, 11) is 0. The number of aryl methyl sites for hydroxylation is 1. The highest BCUT2D eigenvalue weighted by atomic mass is 35.5. The highest BCUT2D eigenvalue weighted by molar-refractivity contribution is 6.31. The smallest absolute Gasteiger partial charge is 0.270 e. The molecular weight excluding hydrogens is 274 g/mol. The van der Waals surface area contributed by atoms with E-state index in [2.05, 4.69) is 0 Å². The van der Waals surface area contributed by atoms with E-state index in [9.17, 15) is 4.79 Å². The maximum atomic E-state index is 12.8. The SMILES string of the molecule is CCN(C(=O)c1cc(Cl)cn1CC)C1CCCC1CN. The molecule has 0 aromatic carbocycles. The number of carbonyl (C=O) groups excluding carboxylic acids is 1. The van der Waals surface area contributed by atoms with Crippen LogP contribution in [-0.2, 0) is 6.54 Å². The van der Waals surface area contributed by atoms with Crippen LogP contribution in [0.2, 0.25) is 5.02 Å². The van der Waals surface area contributed by atoms with Crippen LogP contribution in [0.3, 0.4) is 0 Å². The van der Waals surface area contributed by atoms with E-state index in [1.807, 2.05) is 29.5 Å². The fourth-order valence-electron chi connectivity index (χ4n) is 3.29. The number of nitrogens with zero attached hydrogens (tertiary/aromatic N) is 2. The van der Waals surface area contributed by atoms with Gasteiger partial charge in [-0.25, -0.2) is 0 Å². The summed E-state index contributed by atoms with van der Waals surface area (Å²) in [4.78, 5) is 14.8. The van der Waals surface area contributed by atoms with Crippen molar-refractivity contribution in [3.8, 4) is 0 Å². The van der Waals surface area contributed by atoms with Crippen molar-refractivity contribution in [1.82, 2.24) is 9.47 Å². The van der Waals surface area contributed by atoms with Crippen LogP contribution in [0.15, 0.2) is 12.3 Å². The van der Waals surface area contributed by atoms with Gasteiger partial charge >= 0.3 is 0 Å². The molecule has 1 amide bonds. The van der Waals surface area contributed by atoms with Crippen LogP contribution >= 0.6 is 11.6 Å². The van der Waals surface area contributed by atoms with Crippen LogP contribution in [-0.4, -0.2) is 34.5 Å². The van der Waals surface area contributed by atoms with E-state index in [-0.39, 0.29) is 11.9 Å². The van der Waals surface area contributed by atoms with Gasteiger partial charge in [0.2, 0.25) is 0 Å². The fourth-order valence-corrected chi connectivity index (χ4v) is 3.51. The van der Waals surface area contributed by atoms with Crippen molar-refractivity contribution >= 4 is 17.5 Å². The minimum atomic E-state index is 0.0756. The summed E-state index contributed by atoms with van der Waals surface area (Å²) in [6, 6.07) is 2.04. The first-order valence-corrected chi connectivity index (χ1v) is 7.86. The lowest BCUT2D eigenvalue weighted by molar-refractivity contribution is 0.0641. The van der Waals surface area contributed by atoms with Crippen molar-refractivity contribution in [3.05, 3.63) is 23.0 Å². The topological polar surface area (TPSA) is 51.3 Å². The van der Waals surface area contributed by atoms with Crippen LogP contribution in [0.5, 0.6) is 0 Å². The lowest BCUT2D eigenvalue weighted by Gasteiger charge is -2.32. The van der Waals surface area contributed by atoms with E-state index in [4.69, 9.17) is 17.3 Å². The molecule has 112 valence electrons. The molecule has 5 heteroatoms. The molecule has 1 fully saturated rings. The van der Waals surface area contributed by atoms with Gasteiger partial charge in [0, 0.05) is 25.3 Å². The van der Waals surface area contributed by atoms with Gasteiger partial charge in [0.1, 0.15) is 5.69 Å². The number of hydrogen-bond acceptors (Lipinski definition) is 2. The Morgan fingerprint density at radius 2 is 2.25 bits per heavy atom. The Hall–Kier alpha value is -1.00. The van der Waals surface area contributed by atoms with Crippen LogP contribution < -0.4 is 5.73 Å². The van der Waals surface area contributed by atoms with Crippen molar-refractivity contribution in [2.75, 3.05) is 13.1 Å². The standard InChI is InChI=1S/C15H24ClN3O/c1-3-18-10-12(16)8-14(18)15(20)19(4-2)13-7-5-6-11(13)9-17/h8,10-11,13H,3-7,9,17H2,1-2H3. The number of halogens is 1. The maximum Gasteiger partial charge on any atom is 0.270 e. The number of aromatic nitrogens is 1. The number of nitrogens with two attached hydrogens (primary N) is 1. The molecule has 1 aliphatic carbocycles. The van der Waals surface area contributed by atoms with E-state index in [0.29, 0.717) is 29.7 Å². The summed E-state index contributed by atoms with van der Waals surface area (Å²) in [5.74, 6) is 0.506. The molecule has 1 aliphatic rings. The Kier molecular flexibility index (Phi) is 5.11. The first-order chi connectivity index (χ1) is 9.62. The minimum absolute atomic E-state index is 0.0756. The highest BCUT2D eigenvalue weighted by Crippen LogP contribution is 2.30. The molecular formula is C15H24ClN3O. The molecule has 0 aliphatic heterocycles. The molecule has 4 nitrogen and oxygen atoms in total. The summed E-state index contributed by atoms with van der Waals surface area (Å²) >= 11 is 6.04. The van der Waals surface area contributed by atoms with E-state index in [1.54, 1.807) is 6.07 Å². The van der Waals surface area contributed by atoms with Crippen molar-refractivity contribution in [3.63, 3.8) is 0 Å². The summed E-state index contributed by atoms with van der Waals surface area (Å²) < 4.78 is 1.92. The third kappa shape index (κ3) is 2.86. The lowest BCUT2D eigenvalue weighted by atomic mass is 10.0. The molecule has 1 aromatic rings. The Bertz CT molecular complexity index is 472. The van der Waals surface area contributed by atoms with Gasteiger partial charge in [-0.05, 0) is 45.2 Å². The average molecular weight is 298 g/mol. The molecule has 0 saturated heterocycles. The molecule has 1 saturated carbocycles. The number of carbonyl (C=O) groups is 1. The molecule has 2 unspecified atom stereocenters. The predicted octanol–water partition coefficient (Wildman–Crippen LogP) is 2.75. The van der Waals surface area contributed by atoms with Gasteiger partial charge in [0.05, 0.1) is 5.02 Å². The third-order valence-electron chi connectivity index (χ3n) is 4.35. The van der Waals surface area contributed by atoms with Crippen molar-refractivity contribution in [2.24, 2.45) is 11.7 Å². The van der Waals surface area contributed by atoms with Gasteiger partial charge in [-0.3, -0.25) is 4.79 Å². The molecule has 2 N–H and O–H groups in total. The third-order valence-corrected chi connectivity index (χ3v) is 4.55. The average Bonchev–Trinajstić information content (AvgIpc) is 3.05. The molecule has 0 radical (unpaired) electrons. The molecule has 0 spiro atoms. The minimum Gasteiger partial charge on any atom is -0.342 e. The van der Waals surface area contributed by atoms with Gasteiger partial charge in [-0.2, -0.15) is 0 Å². The van der Waals surface area contributed by atoms with Crippen molar-refractivity contribution in [2.45, 2.75) is 45.7 Å². The first-order valence-electron chi connectivity index (χ1n) is 7.49. The van der Waals surface area contributed by atoms with Gasteiger partial charge in [-0.1, -0.05) is 18.0 Å². The Balaban J connectivity index is 2.24. The van der Waals surface area contributed by atoms with Crippen LogP contribution in [0.4, 0.5) is 0 Å².